The van der Waals surface area contributed by atoms with Crippen LogP contribution in [0.25, 0.3) is 22.1 Å². The van der Waals surface area contributed by atoms with Crippen molar-refractivity contribution in [2.45, 2.75) is 38.6 Å². The third-order valence-electron chi connectivity index (χ3n) is 7.36. The number of hydrogen-bond acceptors (Lipinski definition) is 4. The minimum absolute atomic E-state index is 0.0130. The highest BCUT2D eigenvalue weighted by Crippen LogP contribution is 2.47. The summed E-state index contributed by atoms with van der Waals surface area (Å²) in [6.45, 7) is 4.39. The highest BCUT2D eigenvalue weighted by Gasteiger charge is 2.51. The van der Waals surface area contributed by atoms with E-state index >= 15 is 0 Å². The van der Waals surface area contributed by atoms with Gasteiger partial charge < -0.3 is 15.3 Å². The third kappa shape index (κ3) is 2.53. The van der Waals surface area contributed by atoms with Crippen LogP contribution in [0.5, 0.6) is 0 Å². The molecule has 8 heteroatoms. The summed E-state index contributed by atoms with van der Waals surface area (Å²) in [5.74, 6) is 1.41. The predicted octanol–water partition coefficient (Wildman–Crippen LogP) is 3.25. The number of nitrogens with zero attached hydrogens (tertiary/aromatic N) is 3. The second-order valence-corrected chi connectivity index (χ2v) is 9.60. The van der Waals surface area contributed by atoms with Crippen molar-refractivity contribution in [3.05, 3.63) is 86.7 Å². The van der Waals surface area contributed by atoms with E-state index in [1.54, 1.807) is 10.8 Å². The molecule has 1 spiro atoms. The van der Waals surface area contributed by atoms with E-state index in [0.29, 0.717) is 25.2 Å². The second-order valence-electron chi connectivity index (χ2n) is 9.60. The van der Waals surface area contributed by atoms with Crippen LogP contribution in [0.1, 0.15) is 33.6 Å². The molecule has 1 unspecified atom stereocenters. The molecule has 1 aliphatic carbocycles. The number of benzene rings is 2. The monoisotopic (exact) mass is 450 g/mol. The molecule has 8 nitrogen and oxygen atoms in total. The lowest BCUT2D eigenvalue weighted by molar-refractivity contribution is -0.120. The van der Waals surface area contributed by atoms with E-state index in [-0.39, 0.29) is 11.6 Å². The van der Waals surface area contributed by atoms with Gasteiger partial charge in [-0.15, -0.1) is 0 Å². The number of pyridine rings is 1. The number of aromatic nitrogens is 5. The van der Waals surface area contributed by atoms with E-state index in [0.717, 1.165) is 55.7 Å². The van der Waals surface area contributed by atoms with Crippen molar-refractivity contribution in [2.24, 2.45) is 0 Å². The van der Waals surface area contributed by atoms with Gasteiger partial charge in [0.1, 0.15) is 11.6 Å². The number of aromatic amines is 2. The largest absolute Gasteiger partial charge is 0.340 e. The fourth-order valence-electron chi connectivity index (χ4n) is 5.82. The molecule has 3 N–H and O–H groups in total. The summed E-state index contributed by atoms with van der Waals surface area (Å²) < 4.78 is 1.72. The standard InChI is InChI=1S/C26H22N6O2/c1-13-6-14(2)22-20(7-13)32(25(34)30-22)12-21-28-18-8-15-10-26(11-16(15)9-19(18)29-21)17-4-3-5-27-23(17)31-24(26)33/h3-9H,10-12H2,1-2H3,(H,28,29)(H,30,34)(H,27,31,33). The van der Waals surface area contributed by atoms with E-state index in [1.807, 2.05) is 32.0 Å². The Morgan fingerprint density at radius 3 is 2.74 bits per heavy atom. The Balaban J connectivity index is 1.27. The fourth-order valence-corrected chi connectivity index (χ4v) is 5.82. The Hall–Kier alpha value is -4.20. The van der Waals surface area contributed by atoms with E-state index in [1.165, 1.54) is 0 Å². The first-order chi connectivity index (χ1) is 16.4. The summed E-state index contributed by atoms with van der Waals surface area (Å²) in [6.07, 6.45) is 2.97. The first-order valence-corrected chi connectivity index (χ1v) is 11.4. The van der Waals surface area contributed by atoms with Gasteiger partial charge in [-0.2, -0.15) is 0 Å². The summed E-state index contributed by atoms with van der Waals surface area (Å²) in [5, 5.41) is 2.95. The van der Waals surface area contributed by atoms with E-state index < -0.39 is 5.41 Å². The third-order valence-corrected chi connectivity index (χ3v) is 7.36. The maximum absolute atomic E-state index is 13.0. The molecule has 3 aromatic heterocycles. The molecule has 2 aromatic carbocycles. The van der Waals surface area contributed by atoms with Crippen molar-refractivity contribution in [3.63, 3.8) is 0 Å². The van der Waals surface area contributed by atoms with Crippen molar-refractivity contribution >= 4 is 33.8 Å². The summed E-state index contributed by atoms with van der Waals surface area (Å²) >= 11 is 0. The van der Waals surface area contributed by atoms with Gasteiger partial charge in [-0.05, 0) is 73.2 Å². The van der Waals surface area contributed by atoms with Crippen molar-refractivity contribution in [1.82, 2.24) is 24.5 Å². The molecule has 0 saturated carbocycles. The Kier molecular flexibility index (Phi) is 3.65. The zero-order chi connectivity index (χ0) is 23.2. The van der Waals surface area contributed by atoms with Crippen molar-refractivity contribution in [2.75, 3.05) is 5.32 Å². The van der Waals surface area contributed by atoms with Crippen LogP contribution in [0.15, 0.2) is 47.4 Å². The minimum Gasteiger partial charge on any atom is -0.340 e. The van der Waals surface area contributed by atoms with Crippen LogP contribution < -0.4 is 11.0 Å². The molecule has 0 saturated heterocycles. The number of aryl methyl sites for hydroxylation is 2. The van der Waals surface area contributed by atoms with Gasteiger partial charge >= 0.3 is 5.69 Å². The number of amides is 1. The average molecular weight is 451 g/mol. The van der Waals surface area contributed by atoms with Gasteiger partial charge in [0.15, 0.2) is 0 Å². The van der Waals surface area contributed by atoms with Gasteiger partial charge in [-0.1, -0.05) is 12.1 Å². The summed E-state index contributed by atoms with van der Waals surface area (Å²) in [4.78, 5) is 41.2. The maximum Gasteiger partial charge on any atom is 0.326 e. The number of nitrogens with one attached hydrogen (secondary N) is 3. The second kappa shape index (κ2) is 6.44. The maximum atomic E-state index is 13.0. The van der Waals surface area contributed by atoms with E-state index in [4.69, 9.17) is 4.98 Å². The zero-order valence-corrected chi connectivity index (χ0v) is 18.8. The molecule has 0 radical (unpaired) electrons. The average Bonchev–Trinajstić information content (AvgIpc) is 3.52. The number of anilines is 1. The summed E-state index contributed by atoms with van der Waals surface area (Å²) in [7, 11) is 0. The zero-order valence-electron chi connectivity index (χ0n) is 18.8. The quantitative estimate of drug-likeness (QED) is 0.384. The first kappa shape index (κ1) is 19.3. The number of rotatable bonds is 2. The Morgan fingerprint density at radius 1 is 1.06 bits per heavy atom. The molecule has 1 aliphatic heterocycles. The fraction of sp³-hybridized carbons (Fsp3) is 0.231. The molecule has 1 amide bonds. The SMILES string of the molecule is Cc1cc(C)c2[nH]c(=O)n(Cc3nc4cc5c(cc4[nH]3)CC3(C5)C(=O)Nc4ncccc43)c2c1. The van der Waals surface area contributed by atoms with Crippen LogP contribution in [0.4, 0.5) is 5.82 Å². The van der Waals surface area contributed by atoms with Crippen LogP contribution in [-0.4, -0.2) is 30.4 Å². The van der Waals surface area contributed by atoms with Gasteiger partial charge in [0.05, 0.1) is 34.0 Å². The van der Waals surface area contributed by atoms with Gasteiger partial charge in [0.2, 0.25) is 5.91 Å². The molecule has 1 atom stereocenters. The van der Waals surface area contributed by atoms with Gasteiger partial charge in [0.25, 0.3) is 0 Å². The molecule has 168 valence electrons. The lowest BCUT2D eigenvalue weighted by atomic mass is 9.79. The number of fused-ring (bicyclic) bond motifs is 5. The lowest BCUT2D eigenvalue weighted by Crippen LogP contribution is -2.35. The van der Waals surface area contributed by atoms with Crippen molar-refractivity contribution in [3.8, 4) is 0 Å². The Labute approximate surface area is 194 Å². The molecule has 2 aliphatic rings. The van der Waals surface area contributed by atoms with Crippen LogP contribution in [0.2, 0.25) is 0 Å². The number of imidazole rings is 2. The van der Waals surface area contributed by atoms with Gasteiger partial charge in [-0.3, -0.25) is 9.36 Å². The highest BCUT2D eigenvalue weighted by molar-refractivity contribution is 6.06. The normalized spacial score (nSPS) is 15.9. The number of hydrogen-bond donors (Lipinski definition) is 3. The van der Waals surface area contributed by atoms with Crippen LogP contribution in [0, 0.1) is 13.8 Å². The molecule has 4 heterocycles. The number of carbonyl (C=O) groups is 1. The van der Waals surface area contributed by atoms with Crippen molar-refractivity contribution < 1.29 is 4.79 Å². The van der Waals surface area contributed by atoms with Crippen LogP contribution >= 0.6 is 0 Å². The lowest BCUT2D eigenvalue weighted by Gasteiger charge is -2.20. The highest BCUT2D eigenvalue weighted by atomic mass is 16.2. The molecule has 34 heavy (non-hydrogen) atoms. The smallest absolute Gasteiger partial charge is 0.326 e. The van der Waals surface area contributed by atoms with E-state index in [9.17, 15) is 9.59 Å². The Morgan fingerprint density at radius 2 is 1.88 bits per heavy atom. The molecular weight excluding hydrogens is 428 g/mol. The topological polar surface area (TPSA) is 108 Å². The molecular formula is C26H22N6O2. The molecule has 0 fully saturated rings. The first-order valence-electron chi connectivity index (χ1n) is 11.4. The van der Waals surface area contributed by atoms with E-state index in [2.05, 4.69) is 38.5 Å². The molecule has 5 aromatic rings. The molecule has 7 rings (SSSR count). The summed E-state index contributed by atoms with van der Waals surface area (Å²) in [6, 6.07) is 12.2. The van der Waals surface area contributed by atoms with Gasteiger partial charge in [0, 0.05) is 11.8 Å². The van der Waals surface area contributed by atoms with Gasteiger partial charge in [-0.25, -0.2) is 14.8 Å². The predicted molar refractivity (Wildman–Crippen MR) is 129 cm³/mol. The Bertz CT molecular complexity index is 1690. The number of carbonyl (C=O) groups excluding carboxylic acids is 1. The molecule has 0 bridgehead atoms. The van der Waals surface area contributed by atoms with Crippen molar-refractivity contribution in [1.29, 1.82) is 0 Å². The van der Waals surface area contributed by atoms with Crippen LogP contribution in [0.3, 0.4) is 0 Å². The minimum atomic E-state index is -0.597. The van der Waals surface area contributed by atoms with Crippen LogP contribution in [-0.2, 0) is 29.6 Å². The number of H-pyrrole nitrogens is 2. The summed E-state index contributed by atoms with van der Waals surface area (Å²) in [5.41, 5.74) is 8.16.